The summed E-state index contributed by atoms with van der Waals surface area (Å²) in [5.41, 5.74) is 0. The molecule has 18 heavy (non-hydrogen) atoms. The molecule has 6 nitrogen and oxygen atoms in total. The summed E-state index contributed by atoms with van der Waals surface area (Å²) >= 11 is 0. The van der Waals surface area contributed by atoms with Crippen LogP contribution in [-0.2, 0) is 19.6 Å². The van der Waals surface area contributed by atoms with Crippen LogP contribution in [0.1, 0.15) is 38.5 Å². The van der Waals surface area contributed by atoms with Gasteiger partial charge in [-0.3, -0.25) is 4.79 Å². The first-order chi connectivity index (χ1) is 8.49. The van der Waals surface area contributed by atoms with Gasteiger partial charge in [-0.15, -0.1) is 0 Å². The van der Waals surface area contributed by atoms with E-state index in [1.165, 1.54) is 12.8 Å². The molecule has 7 heteroatoms. The second-order valence-corrected chi connectivity index (χ2v) is 6.41. The van der Waals surface area contributed by atoms with Gasteiger partial charge in [0.15, 0.2) is 0 Å². The molecule has 0 saturated heterocycles. The summed E-state index contributed by atoms with van der Waals surface area (Å²) < 4.78 is 30.8. The highest BCUT2D eigenvalue weighted by atomic mass is 32.2. The number of nitrogens with one attached hydrogen (secondary N) is 1. The van der Waals surface area contributed by atoms with Gasteiger partial charge in [0.05, 0.1) is 18.5 Å². The minimum absolute atomic E-state index is 0.126. The summed E-state index contributed by atoms with van der Waals surface area (Å²) in [5.74, 6) is -1.13. The molecule has 0 heterocycles. The lowest BCUT2D eigenvalue weighted by molar-refractivity contribution is -0.137. The third-order valence-corrected chi connectivity index (χ3v) is 4.35. The number of hydrogen-bond acceptors (Lipinski definition) is 4. The van der Waals surface area contributed by atoms with E-state index in [0.29, 0.717) is 6.61 Å². The Morgan fingerprint density at radius 3 is 2.61 bits per heavy atom. The van der Waals surface area contributed by atoms with Crippen LogP contribution in [0.15, 0.2) is 0 Å². The molecule has 1 fully saturated rings. The Bertz CT molecular complexity index is 348. The van der Waals surface area contributed by atoms with Crippen molar-refractivity contribution in [3.8, 4) is 0 Å². The molecule has 1 saturated carbocycles. The topological polar surface area (TPSA) is 92.7 Å². The monoisotopic (exact) mass is 279 g/mol. The van der Waals surface area contributed by atoms with Crippen molar-refractivity contribution in [1.82, 2.24) is 4.72 Å². The van der Waals surface area contributed by atoms with Crippen LogP contribution in [0.5, 0.6) is 0 Å². The molecule has 0 spiro atoms. The predicted molar refractivity (Wildman–Crippen MR) is 66.9 cm³/mol. The molecule has 0 aliphatic heterocycles. The number of carbonyl (C=O) groups is 1. The number of hydrogen-bond donors (Lipinski definition) is 2. The van der Waals surface area contributed by atoms with E-state index in [4.69, 9.17) is 9.84 Å². The van der Waals surface area contributed by atoms with Gasteiger partial charge in [-0.1, -0.05) is 12.8 Å². The second-order valence-electron chi connectivity index (χ2n) is 4.49. The van der Waals surface area contributed by atoms with Crippen molar-refractivity contribution in [2.24, 2.45) is 0 Å². The molecule has 1 rings (SSSR count). The molecule has 1 aliphatic carbocycles. The Kier molecular flexibility index (Phi) is 6.59. The number of carboxylic acids is 1. The van der Waals surface area contributed by atoms with Gasteiger partial charge in [0.25, 0.3) is 0 Å². The lowest BCUT2D eigenvalue weighted by Crippen LogP contribution is -2.30. The molecule has 0 aromatic rings. The molecule has 106 valence electrons. The maximum absolute atomic E-state index is 11.4. The molecule has 0 atom stereocenters. The molecular weight excluding hydrogens is 258 g/mol. The van der Waals surface area contributed by atoms with Crippen molar-refractivity contribution >= 4 is 16.0 Å². The fourth-order valence-corrected chi connectivity index (χ4v) is 3.03. The van der Waals surface area contributed by atoms with Crippen LogP contribution in [0.3, 0.4) is 0 Å². The summed E-state index contributed by atoms with van der Waals surface area (Å²) in [7, 11) is -3.37. The number of rotatable bonds is 9. The molecule has 1 aliphatic rings. The summed E-state index contributed by atoms with van der Waals surface area (Å²) in [6.45, 7) is 0.634. The molecule has 0 radical (unpaired) electrons. The highest BCUT2D eigenvalue weighted by Gasteiger charge is 2.15. The fraction of sp³-hybridized carbons (Fsp3) is 0.909. The third-order valence-electron chi connectivity index (χ3n) is 2.88. The van der Waals surface area contributed by atoms with Crippen LogP contribution in [0, 0.1) is 0 Å². The third kappa shape index (κ3) is 6.93. The van der Waals surface area contributed by atoms with Crippen molar-refractivity contribution in [3.05, 3.63) is 0 Å². The van der Waals surface area contributed by atoms with Gasteiger partial charge < -0.3 is 9.84 Å². The van der Waals surface area contributed by atoms with E-state index < -0.39 is 16.0 Å². The average Bonchev–Trinajstić information content (AvgIpc) is 2.76. The number of carboxylic acid groups (broad SMARTS) is 1. The Hall–Kier alpha value is -0.660. The van der Waals surface area contributed by atoms with E-state index in [2.05, 4.69) is 4.72 Å². The Balaban J connectivity index is 2.07. The maximum Gasteiger partial charge on any atom is 0.303 e. The lowest BCUT2D eigenvalue weighted by Gasteiger charge is -2.11. The lowest BCUT2D eigenvalue weighted by atomic mass is 10.3. The van der Waals surface area contributed by atoms with E-state index in [1.807, 2.05) is 0 Å². The van der Waals surface area contributed by atoms with Crippen LogP contribution in [0.2, 0.25) is 0 Å². The predicted octanol–water partition coefficient (Wildman–Crippen LogP) is 0.730. The zero-order valence-corrected chi connectivity index (χ0v) is 11.2. The second kappa shape index (κ2) is 7.70. The summed E-state index contributed by atoms with van der Waals surface area (Å²) in [5, 5.41) is 8.41. The molecular formula is C11H21NO5S. The summed E-state index contributed by atoms with van der Waals surface area (Å²) in [6.07, 6.45) is 4.78. The van der Waals surface area contributed by atoms with Crippen molar-refractivity contribution in [3.63, 3.8) is 0 Å². The van der Waals surface area contributed by atoms with Crippen molar-refractivity contribution in [2.75, 3.05) is 18.9 Å². The summed E-state index contributed by atoms with van der Waals surface area (Å²) in [4.78, 5) is 10.3. The van der Waals surface area contributed by atoms with Crippen molar-refractivity contribution < 1.29 is 23.1 Å². The smallest absolute Gasteiger partial charge is 0.303 e. The molecule has 0 unspecified atom stereocenters. The van der Waals surface area contributed by atoms with Gasteiger partial charge in [-0.25, -0.2) is 13.1 Å². The standard InChI is InChI=1S/C11H21NO5S/c13-11(14)6-3-9-18(15,16)12-7-8-17-10-4-1-2-5-10/h10,12H,1-9H2,(H,13,14). The number of sulfonamides is 1. The van der Waals surface area contributed by atoms with Gasteiger partial charge in [0.1, 0.15) is 0 Å². The highest BCUT2D eigenvalue weighted by Crippen LogP contribution is 2.20. The Morgan fingerprint density at radius 2 is 2.00 bits per heavy atom. The van der Waals surface area contributed by atoms with Crippen LogP contribution in [-0.4, -0.2) is 44.5 Å². The molecule has 0 amide bonds. The fourth-order valence-electron chi connectivity index (χ4n) is 1.96. The zero-order valence-electron chi connectivity index (χ0n) is 10.4. The molecule has 0 aromatic heterocycles. The van der Waals surface area contributed by atoms with E-state index in [1.54, 1.807) is 0 Å². The van der Waals surface area contributed by atoms with E-state index in [-0.39, 0.29) is 31.2 Å². The van der Waals surface area contributed by atoms with E-state index in [9.17, 15) is 13.2 Å². The van der Waals surface area contributed by atoms with Crippen LogP contribution < -0.4 is 4.72 Å². The van der Waals surface area contributed by atoms with Crippen LogP contribution >= 0.6 is 0 Å². The minimum Gasteiger partial charge on any atom is -0.481 e. The molecule has 0 bridgehead atoms. The maximum atomic E-state index is 11.4. The van der Waals surface area contributed by atoms with Crippen molar-refractivity contribution in [2.45, 2.75) is 44.6 Å². The van der Waals surface area contributed by atoms with E-state index >= 15 is 0 Å². The Labute approximate surface area is 108 Å². The molecule has 0 aromatic carbocycles. The first-order valence-electron chi connectivity index (χ1n) is 6.30. The zero-order chi connectivity index (χ0) is 13.4. The number of aliphatic carboxylic acids is 1. The molecule has 2 N–H and O–H groups in total. The summed E-state index contributed by atoms with van der Waals surface area (Å²) in [6, 6.07) is 0. The first kappa shape index (κ1) is 15.4. The van der Waals surface area contributed by atoms with Crippen molar-refractivity contribution in [1.29, 1.82) is 0 Å². The Morgan fingerprint density at radius 1 is 1.33 bits per heavy atom. The largest absolute Gasteiger partial charge is 0.481 e. The highest BCUT2D eigenvalue weighted by molar-refractivity contribution is 7.89. The van der Waals surface area contributed by atoms with Crippen LogP contribution in [0.25, 0.3) is 0 Å². The van der Waals surface area contributed by atoms with Gasteiger partial charge in [0, 0.05) is 13.0 Å². The minimum atomic E-state index is -3.37. The van der Waals surface area contributed by atoms with Crippen LogP contribution in [0.4, 0.5) is 0 Å². The van der Waals surface area contributed by atoms with Gasteiger partial charge in [-0.2, -0.15) is 0 Å². The van der Waals surface area contributed by atoms with Gasteiger partial charge >= 0.3 is 5.97 Å². The quantitative estimate of drug-likeness (QED) is 0.607. The van der Waals surface area contributed by atoms with E-state index in [0.717, 1.165) is 12.8 Å². The van der Waals surface area contributed by atoms with Gasteiger partial charge in [0.2, 0.25) is 10.0 Å². The first-order valence-corrected chi connectivity index (χ1v) is 7.95. The number of ether oxygens (including phenoxy) is 1. The SMILES string of the molecule is O=C(O)CCCS(=O)(=O)NCCOC1CCCC1. The normalized spacial score (nSPS) is 17.1. The average molecular weight is 279 g/mol. The van der Waals surface area contributed by atoms with Gasteiger partial charge in [-0.05, 0) is 19.3 Å².